The van der Waals surface area contributed by atoms with E-state index < -0.39 is 11.9 Å². The van der Waals surface area contributed by atoms with Crippen molar-refractivity contribution in [2.24, 2.45) is 0 Å². The molecule has 0 spiro atoms. The Morgan fingerprint density at radius 3 is 2.29 bits per heavy atom. The highest BCUT2D eigenvalue weighted by Gasteiger charge is 2.28. The van der Waals surface area contributed by atoms with Crippen LogP contribution >= 0.6 is 0 Å². The molecule has 0 saturated carbocycles. The molecule has 1 heterocycles. The molecule has 1 rings (SSSR count). The zero-order chi connectivity index (χ0) is 10.6. The van der Waals surface area contributed by atoms with Crippen molar-refractivity contribution in [1.82, 2.24) is 4.90 Å². The van der Waals surface area contributed by atoms with Gasteiger partial charge < -0.3 is 4.74 Å². The summed E-state index contributed by atoms with van der Waals surface area (Å²) in [5.41, 5.74) is 0. The third-order valence-corrected chi connectivity index (χ3v) is 2.50. The van der Waals surface area contributed by atoms with E-state index >= 15 is 0 Å². The Bertz CT molecular complexity index is 211. The first-order chi connectivity index (χ1) is 6.67. The molecule has 1 aliphatic rings. The van der Waals surface area contributed by atoms with Crippen molar-refractivity contribution in [3.05, 3.63) is 0 Å². The van der Waals surface area contributed by atoms with Crippen molar-refractivity contribution < 1.29 is 14.3 Å². The molecule has 4 nitrogen and oxygen atoms in total. The van der Waals surface area contributed by atoms with Crippen molar-refractivity contribution in [1.29, 1.82) is 0 Å². The van der Waals surface area contributed by atoms with Gasteiger partial charge in [0.1, 0.15) is 0 Å². The van der Waals surface area contributed by atoms with E-state index in [1.54, 1.807) is 0 Å². The largest absolute Gasteiger partial charge is 0.391 e. The van der Waals surface area contributed by atoms with Crippen LogP contribution in [0.25, 0.3) is 0 Å². The Hall–Kier alpha value is -0.900. The van der Waals surface area contributed by atoms with E-state index in [-0.39, 0.29) is 13.1 Å². The van der Waals surface area contributed by atoms with E-state index in [9.17, 15) is 9.59 Å². The molecule has 0 aromatic carbocycles. The van der Waals surface area contributed by atoms with E-state index in [2.05, 4.69) is 18.6 Å². The van der Waals surface area contributed by atoms with Crippen LogP contribution in [0, 0.1) is 0 Å². The minimum absolute atomic E-state index is 0.254. The number of hydrogen-bond acceptors (Lipinski definition) is 4. The number of esters is 2. The summed E-state index contributed by atoms with van der Waals surface area (Å²) < 4.78 is 4.47. The van der Waals surface area contributed by atoms with E-state index in [4.69, 9.17) is 0 Å². The summed E-state index contributed by atoms with van der Waals surface area (Å²) in [5.74, 6) is -0.841. The number of carbonyl (C=O) groups is 2. The van der Waals surface area contributed by atoms with Crippen LogP contribution in [-0.4, -0.2) is 36.0 Å². The SMILES string of the molecule is CCCC(CC)N1CC(=O)OC(=O)C1. The van der Waals surface area contributed by atoms with Crippen LogP contribution in [0.2, 0.25) is 0 Å². The number of hydrogen-bond donors (Lipinski definition) is 0. The third-order valence-electron chi connectivity index (χ3n) is 2.50. The maximum atomic E-state index is 11.0. The van der Waals surface area contributed by atoms with Crippen molar-refractivity contribution in [2.75, 3.05) is 13.1 Å². The van der Waals surface area contributed by atoms with Gasteiger partial charge in [-0.2, -0.15) is 0 Å². The Morgan fingerprint density at radius 2 is 1.86 bits per heavy atom. The number of carbonyl (C=O) groups excluding carboxylic acids is 2. The number of nitrogens with zero attached hydrogens (tertiary/aromatic N) is 1. The number of morpholine rings is 1. The van der Waals surface area contributed by atoms with E-state index in [1.165, 1.54) is 0 Å². The highest BCUT2D eigenvalue weighted by molar-refractivity contribution is 5.90. The molecular weight excluding hydrogens is 182 g/mol. The maximum Gasteiger partial charge on any atom is 0.327 e. The molecule has 0 aromatic heterocycles. The molecule has 1 saturated heterocycles. The van der Waals surface area contributed by atoms with Crippen molar-refractivity contribution in [2.45, 2.75) is 39.2 Å². The molecule has 14 heavy (non-hydrogen) atoms. The monoisotopic (exact) mass is 199 g/mol. The van der Waals surface area contributed by atoms with Crippen LogP contribution in [0.3, 0.4) is 0 Å². The average molecular weight is 199 g/mol. The number of rotatable bonds is 4. The summed E-state index contributed by atoms with van der Waals surface area (Å²) in [6.07, 6.45) is 3.06. The molecule has 1 aliphatic heterocycles. The van der Waals surface area contributed by atoms with Crippen molar-refractivity contribution in [3.63, 3.8) is 0 Å². The first kappa shape index (κ1) is 11.2. The second-order valence-corrected chi connectivity index (χ2v) is 3.60. The molecule has 1 unspecified atom stereocenters. The summed E-state index contributed by atoms with van der Waals surface area (Å²) in [6, 6.07) is 0.330. The van der Waals surface area contributed by atoms with Gasteiger partial charge in [-0.15, -0.1) is 0 Å². The second kappa shape index (κ2) is 5.10. The highest BCUT2D eigenvalue weighted by Crippen LogP contribution is 2.13. The normalized spacial score (nSPS) is 20.7. The predicted octanol–water partition coefficient (Wildman–Crippen LogP) is 0.951. The molecule has 0 N–H and O–H groups in total. The van der Waals surface area contributed by atoms with Crippen LogP contribution in [-0.2, 0) is 14.3 Å². The molecule has 0 radical (unpaired) electrons. The molecule has 0 bridgehead atoms. The minimum atomic E-state index is -0.421. The van der Waals surface area contributed by atoms with Gasteiger partial charge in [0.2, 0.25) is 0 Å². The van der Waals surface area contributed by atoms with Crippen LogP contribution in [0.15, 0.2) is 0 Å². The summed E-state index contributed by atoms with van der Waals surface area (Å²) in [6.45, 7) is 4.69. The van der Waals surface area contributed by atoms with Gasteiger partial charge in [-0.05, 0) is 12.8 Å². The number of ether oxygens (including phenoxy) is 1. The summed E-state index contributed by atoms with van der Waals surface area (Å²) in [7, 11) is 0. The van der Waals surface area contributed by atoms with Gasteiger partial charge in [0.25, 0.3) is 0 Å². The standard InChI is InChI=1S/C10H17NO3/c1-3-5-8(4-2)11-6-9(12)14-10(13)7-11/h8H,3-7H2,1-2H3. The van der Waals surface area contributed by atoms with E-state index in [0.717, 1.165) is 19.3 Å². The van der Waals surface area contributed by atoms with Gasteiger partial charge in [0.05, 0.1) is 13.1 Å². The smallest absolute Gasteiger partial charge is 0.327 e. The molecule has 0 amide bonds. The van der Waals surface area contributed by atoms with Gasteiger partial charge in [0.15, 0.2) is 0 Å². The molecule has 1 atom stereocenters. The summed E-state index contributed by atoms with van der Waals surface area (Å²) in [4.78, 5) is 24.0. The third kappa shape index (κ3) is 2.80. The highest BCUT2D eigenvalue weighted by atomic mass is 16.6. The lowest BCUT2D eigenvalue weighted by molar-refractivity contribution is -0.168. The average Bonchev–Trinajstić information content (AvgIpc) is 2.12. The Morgan fingerprint density at radius 1 is 1.29 bits per heavy atom. The fourth-order valence-electron chi connectivity index (χ4n) is 1.82. The quantitative estimate of drug-likeness (QED) is 0.499. The first-order valence-corrected chi connectivity index (χ1v) is 5.14. The van der Waals surface area contributed by atoms with Gasteiger partial charge in [-0.25, -0.2) is 0 Å². The van der Waals surface area contributed by atoms with Crippen molar-refractivity contribution in [3.8, 4) is 0 Å². The lowest BCUT2D eigenvalue weighted by atomic mass is 10.1. The fourth-order valence-corrected chi connectivity index (χ4v) is 1.82. The minimum Gasteiger partial charge on any atom is -0.391 e. The molecule has 0 aliphatic carbocycles. The lowest BCUT2D eigenvalue weighted by Crippen LogP contribution is -2.47. The Labute approximate surface area is 84.2 Å². The van der Waals surface area contributed by atoms with Gasteiger partial charge >= 0.3 is 11.9 Å². The van der Waals surface area contributed by atoms with E-state index in [1.807, 2.05) is 4.90 Å². The maximum absolute atomic E-state index is 11.0. The summed E-state index contributed by atoms with van der Waals surface area (Å²) in [5, 5.41) is 0. The molecule has 0 aromatic rings. The van der Waals surface area contributed by atoms with Crippen LogP contribution in [0.4, 0.5) is 0 Å². The van der Waals surface area contributed by atoms with Crippen LogP contribution < -0.4 is 0 Å². The van der Waals surface area contributed by atoms with Gasteiger partial charge in [-0.1, -0.05) is 20.3 Å². The molecular formula is C10H17NO3. The Kier molecular flexibility index (Phi) is 4.07. The van der Waals surface area contributed by atoms with Gasteiger partial charge in [-0.3, -0.25) is 14.5 Å². The van der Waals surface area contributed by atoms with E-state index in [0.29, 0.717) is 6.04 Å². The lowest BCUT2D eigenvalue weighted by Gasteiger charge is -2.31. The van der Waals surface area contributed by atoms with Gasteiger partial charge in [0, 0.05) is 6.04 Å². The van der Waals surface area contributed by atoms with Crippen LogP contribution in [0.5, 0.6) is 0 Å². The summed E-state index contributed by atoms with van der Waals surface area (Å²) >= 11 is 0. The Balaban J connectivity index is 2.56. The molecule has 1 fully saturated rings. The zero-order valence-electron chi connectivity index (χ0n) is 8.78. The van der Waals surface area contributed by atoms with Crippen molar-refractivity contribution >= 4 is 11.9 Å². The molecule has 80 valence electrons. The fraction of sp³-hybridized carbons (Fsp3) is 0.800. The predicted molar refractivity (Wildman–Crippen MR) is 51.7 cm³/mol. The molecule has 4 heteroatoms. The van der Waals surface area contributed by atoms with Crippen LogP contribution in [0.1, 0.15) is 33.1 Å². The second-order valence-electron chi connectivity index (χ2n) is 3.60. The topological polar surface area (TPSA) is 46.6 Å². The zero-order valence-corrected chi connectivity index (χ0v) is 8.78. The number of cyclic esters (lactones) is 2. The first-order valence-electron chi connectivity index (χ1n) is 5.14.